The van der Waals surface area contributed by atoms with Gasteiger partial charge in [0.1, 0.15) is 0 Å². The van der Waals surface area contributed by atoms with Gasteiger partial charge in [0.05, 0.1) is 11.1 Å². The van der Waals surface area contributed by atoms with Crippen LogP contribution in [0.5, 0.6) is 0 Å². The van der Waals surface area contributed by atoms with Gasteiger partial charge in [-0.05, 0) is 47.1 Å². The molecule has 0 aliphatic carbocycles. The smallest absolute Gasteiger partial charge is 0.303 e. The first-order valence-corrected chi connectivity index (χ1v) is 12.1. The predicted molar refractivity (Wildman–Crippen MR) is 140 cm³/mol. The third-order valence-corrected chi connectivity index (χ3v) is 6.63. The van der Waals surface area contributed by atoms with E-state index in [1.165, 1.54) is 11.1 Å². The molecule has 5 nitrogen and oxygen atoms in total. The number of nitrogens with zero attached hydrogens (tertiary/aromatic N) is 1. The highest BCUT2D eigenvalue weighted by atomic mass is 16.4. The fraction of sp³-hybridized carbons (Fsp3) is 0.267. The van der Waals surface area contributed by atoms with E-state index in [4.69, 9.17) is 5.11 Å². The van der Waals surface area contributed by atoms with Gasteiger partial charge in [-0.3, -0.25) is 9.59 Å². The van der Waals surface area contributed by atoms with Crippen LogP contribution in [0.1, 0.15) is 42.6 Å². The lowest BCUT2D eigenvalue weighted by Gasteiger charge is -2.19. The summed E-state index contributed by atoms with van der Waals surface area (Å²) in [5, 5.41) is 13.2. The van der Waals surface area contributed by atoms with Crippen molar-refractivity contribution in [2.45, 2.75) is 33.2 Å². The van der Waals surface area contributed by atoms with Crippen LogP contribution in [0.15, 0.2) is 85.1 Å². The number of carbonyl (C=O) groups is 2. The van der Waals surface area contributed by atoms with Crippen LogP contribution in [0.3, 0.4) is 0 Å². The molecule has 1 aromatic heterocycles. The van der Waals surface area contributed by atoms with Gasteiger partial charge in [0, 0.05) is 31.1 Å². The number of hydrogen-bond donors (Lipinski definition) is 2. The van der Waals surface area contributed by atoms with Gasteiger partial charge in [0.15, 0.2) is 0 Å². The van der Waals surface area contributed by atoms with Crippen molar-refractivity contribution >= 4 is 22.8 Å². The van der Waals surface area contributed by atoms with Crippen LogP contribution in [0.25, 0.3) is 22.0 Å². The minimum absolute atomic E-state index is 0.0336. The molecule has 0 aliphatic heterocycles. The molecule has 5 heteroatoms. The fourth-order valence-corrected chi connectivity index (χ4v) is 4.57. The molecule has 180 valence electrons. The third-order valence-electron chi connectivity index (χ3n) is 6.63. The molecule has 0 fully saturated rings. The van der Waals surface area contributed by atoms with Crippen molar-refractivity contribution in [1.82, 2.24) is 9.88 Å². The SMILES string of the molecule is CC(C)[C@H](CCNC(=O)c1cccc2ccn(Cc3ccc(-c4ccccc4)cc3)c12)CC(=O)O. The van der Waals surface area contributed by atoms with E-state index in [9.17, 15) is 9.59 Å². The highest BCUT2D eigenvalue weighted by molar-refractivity contribution is 6.06. The number of carboxylic acids is 1. The topological polar surface area (TPSA) is 71.3 Å². The van der Waals surface area contributed by atoms with Crippen molar-refractivity contribution in [2.24, 2.45) is 11.8 Å². The van der Waals surface area contributed by atoms with Crippen LogP contribution in [-0.2, 0) is 11.3 Å². The number of benzene rings is 3. The molecule has 35 heavy (non-hydrogen) atoms. The third kappa shape index (κ3) is 5.99. The van der Waals surface area contributed by atoms with Crippen LogP contribution in [0.2, 0.25) is 0 Å². The average molecular weight is 469 g/mol. The molecule has 1 atom stereocenters. The molecule has 0 aliphatic rings. The molecular weight excluding hydrogens is 436 g/mol. The molecular formula is C30H32N2O3. The van der Waals surface area contributed by atoms with E-state index >= 15 is 0 Å². The van der Waals surface area contributed by atoms with Crippen molar-refractivity contribution in [1.29, 1.82) is 0 Å². The molecule has 0 saturated carbocycles. The monoisotopic (exact) mass is 468 g/mol. The quantitative estimate of drug-likeness (QED) is 0.290. The van der Waals surface area contributed by atoms with E-state index in [1.807, 2.05) is 62.5 Å². The molecule has 0 bridgehead atoms. The highest BCUT2D eigenvalue weighted by Crippen LogP contribution is 2.24. The number of para-hydroxylation sites is 1. The van der Waals surface area contributed by atoms with Gasteiger partial charge in [0.2, 0.25) is 0 Å². The molecule has 3 aromatic carbocycles. The number of aliphatic carboxylic acids is 1. The van der Waals surface area contributed by atoms with Gasteiger partial charge in [0.25, 0.3) is 5.91 Å². The number of rotatable bonds is 10. The normalized spacial score (nSPS) is 12.1. The molecule has 0 unspecified atom stereocenters. The predicted octanol–water partition coefficient (Wildman–Crippen LogP) is 6.22. The van der Waals surface area contributed by atoms with Crippen LogP contribution in [0, 0.1) is 11.8 Å². The summed E-state index contributed by atoms with van der Waals surface area (Å²) in [7, 11) is 0. The van der Waals surface area contributed by atoms with E-state index in [2.05, 4.69) is 46.3 Å². The maximum Gasteiger partial charge on any atom is 0.303 e. The summed E-state index contributed by atoms with van der Waals surface area (Å²) in [6, 6.07) is 26.6. The van der Waals surface area contributed by atoms with Gasteiger partial charge in [-0.25, -0.2) is 0 Å². The minimum Gasteiger partial charge on any atom is -0.481 e. The van der Waals surface area contributed by atoms with Gasteiger partial charge in [-0.15, -0.1) is 0 Å². The largest absolute Gasteiger partial charge is 0.481 e. The van der Waals surface area contributed by atoms with Crippen LogP contribution in [-0.4, -0.2) is 28.1 Å². The number of carboxylic acid groups (broad SMARTS) is 1. The van der Waals surface area contributed by atoms with E-state index in [0.717, 1.165) is 16.5 Å². The van der Waals surface area contributed by atoms with Crippen molar-refractivity contribution in [3.8, 4) is 11.1 Å². The molecule has 2 N–H and O–H groups in total. The van der Waals surface area contributed by atoms with E-state index in [-0.39, 0.29) is 24.2 Å². The number of carbonyl (C=O) groups excluding carboxylic acids is 1. The van der Waals surface area contributed by atoms with Crippen molar-refractivity contribution < 1.29 is 14.7 Å². The molecule has 4 aromatic rings. The lowest BCUT2D eigenvalue weighted by atomic mass is 9.89. The maximum absolute atomic E-state index is 13.1. The fourth-order valence-electron chi connectivity index (χ4n) is 4.57. The Hall–Kier alpha value is -3.86. The number of hydrogen-bond acceptors (Lipinski definition) is 2. The second kappa shape index (κ2) is 11.0. The number of fused-ring (bicyclic) bond motifs is 1. The summed E-state index contributed by atoms with van der Waals surface area (Å²) in [6.07, 6.45) is 2.78. The number of amides is 1. The Morgan fingerprint density at radius 1 is 0.886 bits per heavy atom. The summed E-state index contributed by atoms with van der Waals surface area (Å²) in [5.41, 5.74) is 5.06. The molecule has 4 rings (SSSR count). The number of nitrogens with one attached hydrogen (secondary N) is 1. The molecule has 0 saturated heterocycles. The molecule has 1 amide bonds. The molecule has 1 heterocycles. The average Bonchev–Trinajstić information content (AvgIpc) is 3.27. The van der Waals surface area contributed by atoms with E-state index in [1.54, 1.807) is 0 Å². The molecule has 0 spiro atoms. The summed E-state index contributed by atoms with van der Waals surface area (Å²) < 4.78 is 2.11. The van der Waals surface area contributed by atoms with Gasteiger partial charge >= 0.3 is 5.97 Å². The first kappa shape index (κ1) is 24.3. The van der Waals surface area contributed by atoms with Crippen LogP contribution >= 0.6 is 0 Å². The molecule has 0 radical (unpaired) electrons. The van der Waals surface area contributed by atoms with Crippen molar-refractivity contribution in [3.05, 3.63) is 96.2 Å². The Balaban J connectivity index is 1.48. The first-order valence-electron chi connectivity index (χ1n) is 12.1. The Labute approximate surface area is 206 Å². The Kier molecular flexibility index (Phi) is 7.66. The lowest BCUT2D eigenvalue weighted by molar-refractivity contribution is -0.138. The second-order valence-electron chi connectivity index (χ2n) is 9.40. The Bertz CT molecular complexity index is 1290. The minimum atomic E-state index is -0.797. The zero-order valence-corrected chi connectivity index (χ0v) is 20.3. The summed E-state index contributed by atoms with van der Waals surface area (Å²) >= 11 is 0. The first-order chi connectivity index (χ1) is 16.9. The van der Waals surface area contributed by atoms with E-state index in [0.29, 0.717) is 25.1 Å². The van der Waals surface area contributed by atoms with Gasteiger partial charge < -0.3 is 15.0 Å². The van der Waals surface area contributed by atoms with Gasteiger partial charge in [-0.1, -0.05) is 80.6 Å². The van der Waals surface area contributed by atoms with Crippen molar-refractivity contribution in [2.75, 3.05) is 6.54 Å². The second-order valence-corrected chi connectivity index (χ2v) is 9.40. The Morgan fingerprint density at radius 2 is 1.60 bits per heavy atom. The zero-order chi connectivity index (χ0) is 24.8. The highest BCUT2D eigenvalue weighted by Gasteiger charge is 2.18. The Morgan fingerprint density at radius 3 is 2.29 bits per heavy atom. The van der Waals surface area contributed by atoms with Crippen molar-refractivity contribution in [3.63, 3.8) is 0 Å². The van der Waals surface area contributed by atoms with Gasteiger partial charge in [-0.2, -0.15) is 0 Å². The van der Waals surface area contributed by atoms with E-state index < -0.39 is 5.97 Å². The van der Waals surface area contributed by atoms with Crippen LogP contribution in [0.4, 0.5) is 0 Å². The van der Waals surface area contributed by atoms with Crippen LogP contribution < -0.4 is 5.32 Å². The summed E-state index contributed by atoms with van der Waals surface area (Å²) in [4.78, 5) is 24.2. The summed E-state index contributed by atoms with van der Waals surface area (Å²) in [5.74, 6) is -0.648. The summed E-state index contributed by atoms with van der Waals surface area (Å²) in [6.45, 7) is 5.16. The standard InChI is InChI=1S/C30H32N2O3/c1-21(2)26(19-28(33)34)15-17-31-30(35)27-10-6-9-25-16-18-32(29(25)27)20-22-11-13-24(14-12-22)23-7-4-3-5-8-23/h3-14,16,18,21,26H,15,17,19-20H2,1-2H3,(H,31,35)(H,33,34)/t26-/m1/s1. The lowest BCUT2D eigenvalue weighted by Crippen LogP contribution is -2.28. The maximum atomic E-state index is 13.1. The number of aromatic nitrogens is 1. The zero-order valence-electron chi connectivity index (χ0n) is 20.3.